The number of nitrogen functional groups attached to an aromatic ring is 1. The number of fused-ring (bicyclic) bond motifs is 1. The number of esters is 1. The van der Waals surface area contributed by atoms with Gasteiger partial charge in [0.05, 0.1) is 17.7 Å². The molecule has 0 saturated carbocycles. The van der Waals surface area contributed by atoms with Crippen molar-refractivity contribution in [1.82, 2.24) is 9.97 Å². The molecule has 6 nitrogen and oxygen atoms in total. The van der Waals surface area contributed by atoms with Crippen LogP contribution in [0.5, 0.6) is 5.75 Å². The lowest BCUT2D eigenvalue weighted by Crippen LogP contribution is -2.12. The van der Waals surface area contributed by atoms with Gasteiger partial charge in [0.25, 0.3) is 0 Å². The number of rotatable bonds is 5. The van der Waals surface area contributed by atoms with Crippen molar-refractivity contribution >= 4 is 45.8 Å². The zero-order valence-corrected chi connectivity index (χ0v) is 18.2. The van der Waals surface area contributed by atoms with E-state index in [1.54, 1.807) is 0 Å². The third kappa shape index (κ3) is 4.04. The Morgan fingerprint density at radius 1 is 1.06 bits per heavy atom. The molecule has 0 fully saturated rings. The van der Waals surface area contributed by atoms with Gasteiger partial charge in [-0.15, -0.1) is 0 Å². The molecule has 0 aliphatic carbocycles. The van der Waals surface area contributed by atoms with Crippen LogP contribution >= 0.6 is 23.2 Å². The summed E-state index contributed by atoms with van der Waals surface area (Å²) >= 11 is 12.1. The van der Waals surface area contributed by atoms with E-state index in [-0.39, 0.29) is 45.3 Å². The van der Waals surface area contributed by atoms with Gasteiger partial charge in [-0.05, 0) is 28.5 Å². The van der Waals surface area contributed by atoms with Gasteiger partial charge in [0.1, 0.15) is 17.4 Å². The van der Waals surface area contributed by atoms with Crippen LogP contribution in [0.15, 0.2) is 54.6 Å². The highest BCUT2D eigenvalue weighted by Gasteiger charge is 2.23. The van der Waals surface area contributed by atoms with E-state index in [4.69, 9.17) is 38.4 Å². The van der Waals surface area contributed by atoms with Crippen molar-refractivity contribution < 1.29 is 18.7 Å². The van der Waals surface area contributed by atoms with Crippen LogP contribution in [-0.4, -0.2) is 23.0 Å². The van der Waals surface area contributed by atoms with Crippen LogP contribution in [0.1, 0.15) is 16.1 Å². The number of nitrogens with two attached hydrogens (primary N) is 1. The first-order chi connectivity index (χ1) is 15.4. The Hall–Kier alpha value is -3.42. The van der Waals surface area contributed by atoms with Crippen LogP contribution in [0.3, 0.4) is 0 Å². The number of halogens is 3. The van der Waals surface area contributed by atoms with Gasteiger partial charge in [-0.25, -0.2) is 19.2 Å². The molecule has 0 radical (unpaired) electrons. The van der Waals surface area contributed by atoms with Crippen LogP contribution in [0.25, 0.3) is 22.2 Å². The summed E-state index contributed by atoms with van der Waals surface area (Å²) in [5, 5.41) is 1.86. The molecular weight excluding hydrogens is 456 g/mol. The molecule has 2 N–H and O–H groups in total. The number of carbonyl (C=O) groups is 1. The molecule has 3 aromatic carbocycles. The summed E-state index contributed by atoms with van der Waals surface area (Å²) in [4.78, 5) is 20.9. The fraction of sp³-hybridized carbons (Fsp3) is 0.0870. The zero-order valence-electron chi connectivity index (χ0n) is 16.7. The molecule has 4 aromatic rings. The Labute approximate surface area is 192 Å². The van der Waals surface area contributed by atoms with Crippen LogP contribution in [-0.2, 0) is 11.3 Å². The predicted octanol–water partition coefficient (Wildman–Crippen LogP) is 5.69. The van der Waals surface area contributed by atoms with E-state index in [1.807, 2.05) is 42.5 Å². The van der Waals surface area contributed by atoms with E-state index in [2.05, 4.69) is 9.97 Å². The highest BCUT2D eigenvalue weighted by atomic mass is 35.5. The fourth-order valence-corrected chi connectivity index (χ4v) is 3.63. The largest absolute Gasteiger partial charge is 0.492 e. The molecule has 0 saturated heterocycles. The summed E-state index contributed by atoms with van der Waals surface area (Å²) in [6.07, 6.45) is 0. The number of methoxy groups -OCH3 is 1. The third-order valence-corrected chi connectivity index (χ3v) is 5.47. The predicted molar refractivity (Wildman–Crippen MR) is 121 cm³/mol. The van der Waals surface area contributed by atoms with Gasteiger partial charge >= 0.3 is 5.97 Å². The summed E-state index contributed by atoms with van der Waals surface area (Å²) in [7, 11) is 1.28. The van der Waals surface area contributed by atoms with Crippen molar-refractivity contribution in [3.63, 3.8) is 0 Å². The number of carbonyl (C=O) groups excluding carboxylic acids is 1. The summed E-state index contributed by atoms with van der Waals surface area (Å²) in [5.41, 5.74) is 6.33. The van der Waals surface area contributed by atoms with Crippen molar-refractivity contribution in [1.29, 1.82) is 0 Å². The van der Waals surface area contributed by atoms with E-state index < -0.39 is 11.8 Å². The Kier molecular flexibility index (Phi) is 6.12. The minimum atomic E-state index is -0.820. The normalized spacial score (nSPS) is 10.9. The number of aromatic nitrogens is 2. The first kappa shape index (κ1) is 21.8. The van der Waals surface area contributed by atoms with Gasteiger partial charge in [-0.1, -0.05) is 65.7 Å². The Morgan fingerprint density at radius 3 is 2.59 bits per heavy atom. The lowest BCUT2D eigenvalue weighted by atomic mass is 10.1. The topological polar surface area (TPSA) is 87.3 Å². The lowest BCUT2D eigenvalue weighted by molar-refractivity contribution is 0.0467. The monoisotopic (exact) mass is 471 g/mol. The molecule has 162 valence electrons. The molecule has 0 aliphatic rings. The van der Waals surface area contributed by atoms with E-state index >= 15 is 0 Å². The molecule has 0 unspecified atom stereocenters. The second-order valence-corrected chi connectivity index (χ2v) is 7.54. The first-order valence-electron chi connectivity index (χ1n) is 9.39. The maximum absolute atomic E-state index is 14.8. The zero-order chi connectivity index (χ0) is 22.8. The summed E-state index contributed by atoms with van der Waals surface area (Å²) in [6, 6.07) is 16.2. The molecule has 0 spiro atoms. The molecule has 4 rings (SSSR count). The number of hydrogen-bond donors (Lipinski definition) is 1. The number of nitrogens with zero attached hydrogens (tertiary/aromatic N) is 2. The highest BCUT2D eigenvalue weighted by molar-refractivity contribution is 6.35. The summed E-state index contributed by atoms with van der Waals surface area (Å²) in [5.74, 6) is -2.14. The van der Waals surface area contributed by atoms with Crippen LogP contribution in [0.2, 0.25) is 10.0 Å². The Morgan fingerprint density at radius 2 is 1.81 bits per heavy atom. The third-order valence-electron chi connectivity index (χ3n) is 4.80. The Balaban J connectivity index is 1.67. The molecule has 0 aliphatic heterocycles. The molecule has 9 heteroatoms. The van der Waals surface area contributed by atoms with Gasteiger partial charge in [0.15, 0.2) is 23.1 Å². The van der Waals surface area contributed by atoms with Crippen LogP contribution < -0.4 is 10.5 Å². The van der Waals surface area contributed by atoms with Crippen molar-refractivity contribution in [2.75, 3.05) is 12.8 Å². The minimum Gasteiger partial charge on any atom is -0.492 e. The Bertz CT molecular complexity index is 1340. The van der Waals surface area contributed by atoms with E-state index in [0.717, 1.165) is 16.3 Å². The molecule has 0 bridgehead atoms. The quantitative estimate of drug-likeness (QED) is 0.376. The van der Waals surface area contributed by atoms with Crippen molar-refractivity contribution in [3.05, 3.63) is 81.7 Å². The van der Waals surface area contributed by atoms with E-state index in [9.17, 15) is 9.18 Å². The average Bonchev–Trinajstić information content (AvgIpc) is 2.79. The molecule has 1 heterocycles. The average molecular weight is 472 g/mol. The molecule has 0 atom stereocenters. The van der Waals surface area contributed by atoms with Crippen molar-refractivity contribution in [2.24, 2.45) is 0 Å². The summed E-state index contributed by atoms with van der Waals surface area (Å²) < 4.78 is 25.2. The number of benzene rings is 3. The van der Waals surface area contributed by atoms with Crippen LogP contribution in [0, 0.1) is 5.82 Å². The smallest absolute Gasteiger partial charge is 0.359 e. The van der Waals surface area contributed by atoms with Gasteiger partial charge in [-0.2, -0.15) is 0 Å². The van der Waals surface area contributed by atoms with E-state index in [0.29, 0.717) is 0 Å². The van der Waals surface area contributed by atoms with Gasteiger partial charge in [-0.3, -0.25) is 0 Å². The maximum Gasteiger partial charge on any atom is 0.359 e. The highest BCUT2D eigenvalue weighted by Crippen LogP contribution is 2.35. The minimum absolute atomic E-state index is 0.0150. The first-order valence-corrected chi connectivity index (χ1v) is 10.2. The number of anilines is 1. The second-order valence-electron chi connectivity index (χ2n) is 6.75. The number of hydrogen-bond acceptors (Lipinski definition) is 6. The fourth-order valence-electron chi connectivity index (χ4n) is 3.24. The number of ether oxygens (including phenoxy) is 2. The summed E-state index contributed by atoms with van der Waals surface area (Å²) in [6.45, 7) is -0.0150. The molecular formula is C23H16Cl2FN3O3. The maximum atomic E-state index is 14.8. The van der Waals surface area contributed by atoms with Crippen molar-refractivity contribution in [2.45, 2.75) is 6.61 Å². The SMILES string of the molecule is COc1c(Cl)ccc(-c2nc(N)c(Cl)c(C(=O)OCc3cccc4ccccc34)n2)c1F. The van der Waals surface area contributed by atoms with Gasteiger partial charge in [0, 0.05) is 0 Å². The molecule has 1 aromatic heterocycles. The molecule has 0 amide bonds. The second kappa shape index (κ2) is 8.98. The van der Waals surface area contributed by atoms with Gasteiger partial charge < -0.3 is 15.2 Å². The lowest BCUT2D eigenvalue weighted by Gasteiger charge is -2.12. The van der Waals surface area contributed by atoms with E-state index in [1.165, 1.54) is 19.2 Å². The molecule has 32 heavy (non-hydrogen) atoms. The van der Waals surface area contributed by atoms with Crippen LogP contribution in [0.4, 0.5) is 10.2 Å². The standard InChI is InChI=1S/C23H16Cl2FN3O3/c1-31-20-16(24)10-9-15(18(20)26)22-28-19(17(25)21(27)29-22)23(30)32-11-13-7-4-6-12-5-2-3-8-14(12)13/h2-10H,11H2,1H3,(H2,27,28,29). The van der Waals surface area contributed by atoms with Gasteiger partial charge in [0.2, 0.25) is 0 Å². The van der Waals surface area contributed by atoms with Crippen molar-refractivity contribution in [3.8, 4) is 17.1 Å².